The number of aromatic nitrogens is 3. The largest absolute Gasteiger partial charge is 0.330 e. The van der Waals surface area contributed by atoms with Crippen molar-refractivity contribution in [3.63, 3.8) is 0 Å². The fourth-order valence-electron chi connectivity index (χ4n) is 1.39. The molecule has 2 rings (SSSR count). The molecule has 1 aromatic rings. The Hall–Kier alpha value is -0.320. The van der Waals surface area contributed by atoms with Crippen LogP contribution in [0.2, 0.25) is 0 Å². The third-order valence-corrected chi connectivity index (χ3v) is 2.37. The van der Waals surface area contributed by atoms with Crippen LogP contribution in [0.4, 0.5) is 0 Å². The molecule has 4 nitrogen and oxygen atoms in total. The van der Waals surface area contributed by atoms with Crippen LogP contribution in [-0.2, 0) is 13.0 Å². The Labute approximate surface area is 102 Å². The predicted octanol–water partition coefficient (Wildman–Crippen LogP) is 1.42. The third-order valence-electron chi connectivity index (χ3n) is 2.37. The molecule has 0 aliphatic heterocycles. The Kier molecular flexibility index (Phi) is 6.89. The second-order valence-electron chi connectivity index (χ2n) is 3.77. The summed E-state index contributed by atoms with van der Waals surface area (Å²) in [5.74, 6) is 0.865. The van der Waals surface area contributed by atoms with E-state index in [-0.39, 0.29) is 24.8 Å². The van der Waals surface area contributed by atoms with E-state index in [9.17, 15) is 0 Å². The molecule has 1 heterocycles. The van der Waals surface area contributed by atoms with Gasteiger partial charge in [-0.15, -0.1) is 29.9 Å². The van der Waals surface area contributed by atoms with Gasteiger partial charge < -0.3 is 5.73 Å². The van der Waals surface area contributed by atoms with Crippen LogP contribution in [0.15, 0.2) is 6.20 Å². The summed E-state index contributed by atoms with van der Waals surface area (Å²) < 4.78 is 1.96. The zero-order chi connectivity index (χ0) is 9.10. The molecule has 1 aliphatic carbocycles. The van der Waals surface area contributed by atoms with Crippen LogP contribution in [-0.4, -0.2) is 21.5 Å². The molecule has 0 atom stereocenters. The molecule has 88 valence electrons. The van der Waals surface area contributed by atoms with Crippen LogP contribution in [0.3, 0.4) is 0 Å². The predicted molar refractivity (Wildman–Crippen MR) is 64.6 cm³/mol. The zero-order valence-electron chi connectivity index (χ0n) is 8.63. The minimum absolute atomic E-state index is 0. The molecule has 2 N–H and O–H groups in total. The molecule has 0 amide bonds. The summed E-state index contributed by atoms with van der Waals surface area (Å²) in [5.41, 5.74) is 6.49. The minimum atomic E-state index is 0. The van der Waals surface area contributed by atoms with Crippen LogP contribution < -0.4 is 5.73 Å². The summed E-state index contributed by atoms with van der Waals surface area (Å²) in [4.78, 5) is 0. The van der Waals surface area contributed by atoms with Crippen LogP contribution in [0.1, 0.15) is 25.0 Å². The molecule has 0 aromatic carbocycles. The van der Waals surface area contributed by atoms with Crippen molar-refractivity contribution < 1.29 is 0 Å². The lowest BCUT2D eigenvalue weighted by Gasteiger charge is -1.94. The summed E-state index contributed by atoms with van der Waals surface area (Å²) >= 11 is 0. The van der Waals surface area contributed by atoms with Gasteiger partial charge in [-0.1, -0.05) is 5.21 Å². The van der Waals surface area contributed by atoms with Crippen LogP contribution in [0, 0.1) is 5.92 Å². The van der Waals surface area contributed by atoms with E-state index in [2.05, 4.69) is 10.3 Å². The molecule has 0 bridgehead atoms. The Morgan fingerprint density at radius 2 is 2.13 bits per heavy atom. The van der Waals surface area contributed by atoms with Gasteiger partial charge in [-0.05, 0) is 38.1 Å². The number of nitrogens with zero attached hydrogens (tertiary/aromatic N) is 3. The second kappa shape index (κ2) is 7.04. The molecule has 15 heavy (non-hydrogen) atoms. The molecule has 1 fully saturated rings. The fraction of sp³-hybridized carbons (Fsp3) is 0.778. The summed E-state index contributed by atoms with van der Waals surface area (Å²) in [6.45, 7) is 1.78. The Morgan fingerprint density at radius 3 is 2.73 bits per heavy atom. The molecular formula is C9H18Cl2N4. The maximum absolute atomic E-state index is 5.42. The maximum atomic E-state index is 5.42. The van der Waals surface area contributed by atoms with Crippen LogP contribution in [0.25, 0.3) is 0 Å². The van der Waals surface area contributed by atoms with Crippen molar-refractivity contribution in [1.82, 2.24) is 15.0 Å². The normalized spacial score (nSPS) is 14.2. The van der Waals surface area contributed by atoms with Crippen molar-refractivity contribution >= 4 is 24.8 Å². The van der Waals surface area contributed by atoms with E-state index in [1.807, 2.05) is 10.9 Å². The molecule has 1 saturated carbocycles. The summed E-state index contributed by atoms with van der Waals surface area (Å²) in [7, 11) is 0. The van der Waals surface area contributed by atoms with Gasteiger partial charge in [0.15, 0.2) is 0 Å². The van der Waals surface area contributed by atoms with E-state index in [4.69, 9.17) is 5.73 Å². The molecule has 6 heteroatoms. The van der Waals surface area contributed by atoms with Crippen molar-refractivity contribution in [3.05, 3.63) is 11.9 Å². The number of hydrogen-bond acceptors (Lipinski definition) is 3. The van der Waals surface area contributed by atoms with E-state index in [1.165, 1.54) is 12.8 Å². The van der Waals surface area contributed by atoms with Crippen LogP contribution in [0.5, 0.6) is 0 Å². The van der Waals surface area contributed by atoms with Crippen molar-refractivity contribution in [2.24, 2.45) is 11.7 Å². The van der Waals surface area contributed by atoms with E-state index in [0.29, 0.717) is 0 Å². The summed E-state index contributed by atoms with van der Waals surface area (Å²) in [6, 6.07) is 0. The van der Waals surface area contributed by atoms with Gasteiger partial charge in [0.2, 0.25) is 0 Å². The van der Waals surface area contributed by atoms with Gasteiger partial charge in [-0.3, -0.25) is 4.68 Å². The molecular weight excluding hydrogens is 235 g/mol. The monoisotopic (exact) mass is 252 g/mol. The zero-order valence-corrected chi connectivity index (χ0v) is 10.3. The molecule has 1 aliphatic rings. The van der Waals surface area contributed by atoms with Gasteiger partial charge >= 0.3 is 0 Å². The number of halogens is 2. The first-order valence-electron chi connectivity index (χ1n) is 4.97. The Morgan fingerprint density at radius 1 is 1.40 bits per heavy atom. The van der Waals surface area contributed by atoms with E-state index < -0.39 is 0 Å². The van der Waals surface area contributed by atoms with Crippen LogP contribution >= 0.6 is 24.8 Å². The minimum Gasteiger partial charge on any atom is -0.330 e. The standard InChI is InChI=1S/C9H16N4.2ClH/c10-5-1-2-9-7-13(12-11-9)6-8-3-4-8;;/h7-8H,1-6,10H2;2*1H. The first-order valence-corrected chi connectivity index (χ1v) is 4.97. The second-order valence-corrected chi connectivity index (χ2v) is 3.77. The first-order chi connectivity index (χ1) is 6.38. The average Bonchev–Trinajstić information content (AvgIpc) is 2.81. The number of nitrogens with two attached hydrogens (primary N) is 1. The highest BCUT2D eigenvalue weighted by Gasteiger charge is 2.22. The van der Waals surface area contributed by atoms with Gasteiger partial charge in [0, 0.05) is 12.7 Å². The number of aryl methyl sites for hydroxylation is 1. The lowest BCUT2D eigenvalue weighted by molar-refractivity contribution is 0.544. The van der Waals surface area contributed by atoms with Gasteiger partial charge in [0.05, 0.1) is 5.69 Å². The smallest absolute Gasteiger partial charge is 0.0827 e. The molecule has 0 spiro atoms. The molecule has 1 aromatic heterocycles. The molecule has 0 radical (unpaired) electrons. The maximum Gasteiger partial charge on any atom is 0.0827 e. The van der Waals surface area contributed by atoms with Gasteiger partial charge in [-0.2, -0.15) is 0 Å². The lowest BCUT2D eigenvalue weighted by atomic mass is 10.2. The van der Waals surface area contributed by atoms with Crippen molar-refractivity contribution in [1.29, 1.82) is 0 Å². The molecule has 0 unspecified atom stereocenters. The average molecular weight is 253 g/mol. The van der Waals surface area contributed by atoms with Gasteiger partial charge in [-0.25, -0.2) is 0 Å². The van der Waals surface area contributed by atoms with Crippen molar-refractivity contribution in [2.45, 2.75) is 32.2 Å². The van der Waals surface area contributed by atoms with Crippen molar-refractivity contribution in [2.75, 3.05) is 6.54 Å². The van der Waals surface area contributed by atoms with E-state index in [1.54, 1.807) is 0 Å². The topological polar surface area (TPSA) is 56.7 Å². The fourth-order valence-corrected chi connectivity index (χ4v) is 1.39. The molecule has 0 saturated heterocycles. The quantitative estimate of drug-likeness (QED) is 0.863. The first kappa shape index (κ1) is 14.7. The Bertz CT molecular complexity index is 273. The SMILES string of the molecule is Cl.Cl.NCCCc1cn(CC2CC2)nn1. The highest BCUT2D eigenvalue weighted by Crippen LogP contribution is 2.30. The Balaban J connectivity index is 0.000000980. The van der Waals surface area contributed by atoms with Crippen molar-refractivity contribution in [3.8, 4) is 0 Å². The van der Waals surface area contributed by atoms with Gasteiger partial charge in [0.25, 0.3) is 0 Å². The highest BCUT2D eigenvalue weighted by molar-refractivity contribution is 5.85. The highest BCUT2D eigenvalue weighted by atomic mass is 35.5. The van der Waals surface area contributed by atoms with E-state index in [0.717, 1.165) is 37.5 Å². The number of hydrogen-bond donors (Lipinski definition) is 1. The lowest BCUT2D eigenvalue weighted by Crippen LogP contribution is -2.00. The summed E-state index contributed by atoms with van der Waals surface area (Å²) in [5, 5.41) is 8.17. The third kappa shape index (κ3) is 4.82. The number of rotatable bonds is 5. The van der Waals surface area contributed by atoms with Gasteiger partial charge in [0.1, 0.15) is 0 Å². The summed E-state index contributed by atoms with van der Waals surface area (Å²) in [6.07, 6.45) is 6.73. The van der Waals surface area contributed by atoms with E-state index >= 15 is 0 Å².